The molecular formula is C16H17N3O. The highest BCUT2D eigenvalue weighted by Crippen LogP contribution is 2.43. The number of nitrogens with zero attached hydrogens (tertiary/aromatic N) is 3. The molecule has 2 aliphatic rings. The van der Waals surface area contributed by atoms with Crippen molar-refractivity contribution < 1.29 is 5.11 Å². The largest absolute Gasteiger partial charge is 0.376 e. The maximum atomic E-state index is 9.51. The molecule has 1 aliphatic heterocycles. The molecule has 0 unspecified atom stereocenters. The number of aliphatic hydroxyl groups excluding tert-OH is 1. The topological polar surface area (TPSA) is 52.2 Å². The number of benzene rings is 1. The van der Waals surface area contributed by atoms with E-state index in [0.717, 1.165) is 31.3 Å². The molecule has 4 nitrogen and oxygen atoms in total. The summed E-state index contributed by atoms with van der Waals surface area (Å²) in [7, 11) is 0. The predicted octanol–water partition coefficient (Wildman–Crippen LogP) is 2.18. The third-order valence-corrected chi connectivity index (χ3v) is 4.91. The summed E-state index contributed by atoms with van der Waals surface area (Å²) in [6.07, 6.45) is 7.57. The van der Waals surface area contributed by atoms with Gasteiger partial charge in [0.05, 0.1) is 5.52 Å². The average molecular weight is 267 g/mol. The van der Waals surface area contributed by atoms with Crippen LogP contribution in [-0.4, -0.2) is 27.2 Å². The Balaban J connectivity index is 1.93. The summed E-state index contributed by atoms with van der Waals surface area (Å²) < 4.78 is 1.90. The molecule has 0 bridgehead atoms. The van der Waals surface area contributed by atoms with E-state index in [9.17, 15) is 10.4 Å². The van der Waals surface area contributed by atoms with Crippen LogP contribution in [0.15, 0.2) is 24.4 Å². The van der Waals surface area contributed by atoms with E-state index in [1.54, 1.807) is 0 Å². The zero-order valence-corrected chi connectivity index (χ0v) is 11.3. The van der Waals surface area contributed by atoms with Crippen LogP contribution in [0.2, 0.25) is 0 Å². The monoisotopic (exact) mass is 267 g/mol. The van der Waals surface area contributed by atoms with Crippen molar-refractivity contribution in [1.82, 2.24) is 9.47 Å². The molecule has 0 saturated carbocycles. The lowest BCUT2D eigenvalue weighted by Gasteiger charge is -2.41. The summed E-state index contributed by atoms with van der Waals surface area (Å²) in [5.74, 6) is 0.453. The average Bonchev–Trinajstić information content (AvgIpc) is 2.86. The minimum absolute atomic E-state index is 0.0112. The van der Waals surface area contributed by atoms with E-state index in [-0.39, 0.29) is 6.73 Å². The van der Waals surface area contributed by atoms with E-state index in [2.05, 4.69) is 30.6 Å². The molecule has 2 heterocycles. The molecule has 0 spiro atoms. The Morgan fingerprint density at radius 3 is 3.10 bits per heavy atom. The van der Waals surface area contributed by atoms with E-state index < -0.39 is 0 Å². The molecule has 0 radical (unpaired) electrons. The maximum absolute atomic E-state index is 9.51. The smallest absolute Gasteiger partial charge is 0.179 e. The first kappa shape index (κ1) is 11.8. The van der Waals surface area contributed by atoms with Crippen molar-refractivity contribution in [2.45, 2.75) is 38.0 Å². The lowest BCUT2D eigenvalue weighted by Crippen LogP contribution is -2.44. The number of likely N-dealkylation sites (tertiary alicyclic amines) is 1. The number of hydrogen-bond acceptors (Lipinski definition) is 3. The Morgan fingerprint density at radius 1 is 1.40 bits per heavy atom. The molecule has 1 fully saturated rings. The molecule has 1 aliphatic carbocycles. The minimum atomic E-state index is 0.0112. The SMILES string of the molecule is N#CN1CCC[C@@H]2c3cccc4c3c(cn4CO)C[C@H]21. The van der Waals surface area contributed by atoms with Crippen LogP contribution in [0.4, 0.5) is 0 Å². The summed E-state index contributed by atoms with van der Waals surface area (Å²) in [4.78, 5) is 1.95. The van der Waals surface area contributed by atoms with Gasteiger partial charge in [0, 0.05) is 30.1 Å². The van der Waals surface area contributed by atoms with Gasteiger partial charge in [-0.15, -0.1) is 0 Å². The van der Waals surface area contributed by atoms with Crippen LogP contribution >= 0.6 is 0 Å². The highest BCUT2D eigenvalue weighted by atomic mass is 16.3. The van der Waals surface area contributed by atoms with E-state index in [1.807, 2.05) is 9.47 Å². The lowest BCUT2D eigenvalue weighted by molar-refractivity contribution is 0.191. The second-order valence-electron chi connectivity index (χ2n) is 5.82. The van der Waals surface area contributed by atoms with Crippen LogP contribution in [0.25, 0.3) is 10.9 Å². The van der Waals surface area contributed by atoms with Gasteiger partial charge in [0.2, 0.25) is 0 Å². The first-order valence-electron chi connectivity index (χ1n) is 7.21. The van der Waals surface area contributed by atoms with Crippen LogP contribution < -0.4 is 0 Å². The first-order chi connectivity index (χ1) is 9.83. The Bertz CT molecular complexity index is 712. The highest BCUT2D eigenvalue weighted by Gasteiger charge is 2.37. The van der Waals surface area contributed by atoms with Crippen LogP contribution in [-0.2, 0) is 13.2 Å². The molecule has 20 heavy (non-hydrogen) atoms. The number of hydrogen-bond donors (Lipinski definition) is 1. The Hall–Kier alpha value is -1.99. The summed E-state index contributed by atoms with van der Waals surface area (Å²) in [5.41, 5.74) is 3.75. The Kier molecular flexibility index (Phi) is 2.51. The van der Waals surface area contributed by atoms with Crippen LogP contribution in [0, 0.1) is 11.5 Å². The summed E-state index contributed by atoms with van der Waals surface area (Å²) in [5, 5.41) is 20.2. The zero-order valence-electron chi connectivity index (χ0n) is 11.3. The second-order valence-corrected chi connectivity index (χ2v) is 5.82. The van der Waals surface area contributed by atoms with Gasteiger partial charge in [-0.1, -0.05) is 12.1 Å². The normalized spacial score (nSPS) is 24.5. The van der Waals surface area contributed by atoms with Gasteiger partial charge in [-0.3, -0.25) is 0 Å². The van der Waals surface area contributed by atoms with Crippen molar-refractivity contribution in [3.05, 3.63) is 35.5 Å². The molecule has 1 saturated heterocycles. The standard InChI is InChI=1S/C16H17N3O/c17-9-18-6-2-4-12-13-3-1-5-14-16(13)11(7-15(12)18)8-19(14)10-20/h1,3,5,8,12,15,20H,2,4,6-7,10H2/t12-,15-/m1/s1. The number of nitriles is 1. The Labute approximate surface area is 117 Å². The van der Waals surface area contributed by atoms with Crippen LogP contribution in [0.5, 0.6) is 0 Å². The van der Waals surface area contributed by atoms with E-state index in [4.69, 9.17) is 0 Å². The van der Waals surface area contributed by atoms with Crippen molar-refractivity contribution in [3.63, 3.8) is 0 Å². The minimum Gasteiger partial charge on any atom is -0.376 e. The number of aliphatic hydroxyl groups is 1. The molecule has 4 rings (SSSR count). The molecule has 2 atom stereocenters. The summed E-state index contributed by atoms with van der Waals surface area (Å²) in [6, 6.07) is 6.64. The summed E-state index contributed by atoms with van der Waals surface area (Å²) >= 11 is 0. The van der Waals surface area contributed by atoms with E-state index in [0.29, 0.717) is 12.0 Å². The van der Waals surface area contributed by atoms with Gasteiger partial charge >= 0.3 is 0 Å². The van der Waals surface area contributed by atoms with Crippen molar-refractivity contribution in [2.75, 3.05) is 6.54 Å². The molecule has 2 aromatic rings. The molecule has 102 valence electrons. The van der Waals surface area contributed by atoms with Gasteiger partial charge in [0.25, 0.3) is 0 Å². The predicted molar refractivity (Wildman–Crippen MR) is 75.9 cm³/mol. The molecule has 1 aromatic heterocycles. The zero-order chi connectivity index (χ0) is 13.7. The van der Waals surface area contributed by atoms with Crippen molar-refractivity contribution in [3.8, 4) is 6.19 Å². The third-order valence-electron chi connectivity index (χ3n) is 4.91. The lowest BCUT2D eigenvalue weighted by atomic mass is 9.75. The Morgan fingerprint density at radius 2 is 2.30 bits per heavy atom. The van der Waals surface area contributed by atoms with Gasteiger partial charge in [0.15, 0.2) is 6.19 Å². The van der Waals surface area contributed by atoms with E-state index in [1.165, 1.54) is 16.5 Å². The van der Waals surface area contributed by atoms with Crippen LogP contribution in [0.3, 0.4) is 0 Å². The van der Waals surface area contributed by atoms with E-state index >= 15 is 0 Å². The maximum Gasteiger partial charge on any atom is 0.179 e. The molecular weight excluding hydrogens is 250 g/mol. The molecule has 4 heteroatoms. The van der Waals surface area contributed by atoms with Crippen molar-refractivity contribution in [1.29, 1.82) is 5.26 Å². The van der Waals surface area contributed by atoms with Crippen molar-refractivity contribution in [2.24, 2.45) is 0 Å². The van der Waals surface area contributed by atoms with Gasteiger partial charge in [0.1, 0.15) is 6.73 Å². The fourth-order valence-electron chi connectivity index (χ4n) is 4.07. The number of aromatic nitrogens is 1. The second kappa shape index (κ2) is 4.26. The van der Waals surface area contributed by atoms with Gasteiger partial charge in [-0.2, -0.15) is 5.26 Å². The first-order valence-corrected chi connectivity index (χ1v) is 7.21. The number of fused-ring (bicyclic) bond motifs is 2. The fraction of sp³-hybridized carbons (Fsp3) is 0.438. The number of piperidine rings is 1. The van der Waals surface area contributed by atoms with Gasteiger partial charge in [-0.25, -0.2) is 0 Å². The molecule has 1 N–H and O–H groups in total. The van der Waals surface area contributed by atoms with Crippen LogP contribution in [0.1, 0.15) is 29.9 Å². The fourth-order valence-corrected chi connectivity index (χ4v) is 4.07. The van der Waals surface area contributed by atoms with Crippen molar-refractivity contribution >= 4 is 10.9 Å². The highest BCUT2D eigenvalue weighted by molar-refractivity contribution is 5.89. The number of rotatable bonds is 1. The molecule has 1 aromatic carbocycles. The quantitative estimate of drug-likeness (QED) is 0.806. The summed E-state index contributed by atoms with van der Waals surface area (Å²) in [6.45, 7) is 0.890. The molecule has 0 amide bonds. The van der Waals surface area contributed by atoms with Gasteiger partial charge < -0.3 is 14.6 Å². The van der Waals surface area contributed by atoms with Gasteiger partial charge in [-0.05, 0) is 36.5 Å². The third kappa shape index (κ3) is 1.44.